The molecule has 0 saturated carbocycles. The van der Waals surface area contributed by atoms with Crippen molar-refractivity contribution in [1.29, 1.82) is 0 Å². The van der Waals surface area contributed by atoms with Crippen LogP contribution in [0.25, 0.3) is 0 Å². The van der Waals surface area contributed by atoms with E-state index >= 15 is 0 Å². The predicted molar refractivity (Wildman–Crippen MR) is 86.9 cm³/mol. The van der Waals surface area contributed by atoms with Crippen molar-refractivity contribution in [1.82, 2.24) is 24.6 Å². The van der Waals surface area contributed by atoms with Crippen molar-refractivity contribution in [3.63, 3.8) is 0 Å². The van der Waals surface area contributed by atoms with Gasteiger partial charge in [0, 0.05) is 62.9 Å². The zero-order chi connectivity index (χ0) is 15.5. The Morgan fingerprint density at radius 3 is 2.45 bits per heavy atom. The fourth-order valence-electron chi connectivity index (χ4n) is 3.08. The topological polar surface area (TPSA) is 50.1 Å². The molecule has 0 aliphatic carbocycles. The Labute approximate surface area is 131 Å². The molecule has 2 aromatic heterocycles. The van der Waals surface area contributed by atoms with Crippen LogP contribution in [-0.2, 0) is 13.1 Å². The van der Waals surface area contributed by atoms with Gasteiger partial charge in [0.15, 0.2) is 0 Å². The Kier molecular flexibility index (Phi) is 4.38. The van der Waals surface area contributed by atoms with Gasteiger partial charge in [0.05, 0.1) is 11.9 Å². The smallest absolute Gasteiger partial charge is 0.147 e. The first-order valence-corrected chi connectivity index (χ1v) is 7.95. The largest absolute Gasteiger partial charge is 0.353 e. The molecule has 0 N–H and O–H groups in total. The van der Waals surface area contributed by atoms with E-state index in [1.165, 1.54) is 11.3 Å². The number of rotatable bonds is 4. The van der Waals surface area contributed by atoms with Crippen molar-refractivity contribution < 1.29 is 0 Å². The van der Waals surface area contributed by atoms with Crippen LogP contribution in [0.5, 0.6) is 0 Å². The van der Waals surface area contributed by atoms with E-state index in [-0.39, 0.29) is 0 Å². The Bertz CT molecular complexity index is 613. The third kappa shape index (κ3) is 2.97. The second-order valence-corrected chi connectivity index (χ2v) is 5.79. The van der Waals surface area contributed by atoms with Crippen molar-refractivity contribution in [3.8, 4) is 0 Å². The second-order valence-electron chi connectivity index (χ2n) is 5.79. The van der Waals surface area contributed by atoms with Crippen molar-refractivity contribution in [2.45, 2.75) is 33.9 Å². The van der Waals surface area contributed by atoms with E-state index in [0.717, 1.165) is 50.8 Å². The summed E-state index contributed by atoms with van der Waals surface area (Å²) in [6.45, 7) is 12.5. The number of nitrogens with zero attached hydrogens (tertiary/aromatic N) is 6. The number of hydrogen-bond donors (Lipinski definition) is 0. The van der Waals surface area contributed by atoms with E-state index in [1.807, 2.05) is 6.20 Å². The summed E-state index contributed by atoms with van der Waals surface area (Å²) in [4.78, 5) is 13.3. The van der Waals surface area contributed by atoms with Crippen molar-refractivity contribution >= 4 is 5.82 Å². The SMILES string of the molecule is CCn1nc(C)c(CN2CCN(c3cnccn3)CC2)c1C. The van der Waals surface area contributed by atoms with Crippen molar-refractivity contribution in [2.75, 3.05) is 31.1 Å². The predicted octanol–water partition coefficient (Wildman–Crippen LogP) is 1.63. The van der Waals surface area contributed by atoms with Gasteiger partial charge in [-0.2, -0.15) is 5.10 Å². The van der Waals surface area contributed by atoms with Gasteiger partial charge in [0.2, 0.25) is 0 Å². The number of aryl methyl sites for hydroxylation is 2. The highest BCUT2D eigenvalue weighted by atomic mass is 15.3. The van der Waals surface area contributed by atoms with E-state index in [0.29, 0.717) is 0 Å². The molecule has 1 saturated heterocycles. The van der Waals surface area contributed by atoms with E-state index in [4.69, 9.17) is 0 Å². The molecular formula is C16H24N6. The van der Waals surface area contributed by atoms with Gasteiger partial charge < -0.3 is 4.90 Å². The van der Waals surface area contributed by atoms with Crippen LogP contribution in [0.1, 0.15) is 23.9 Å². The molecule has 6 nitrogen and oxygen atoms in total. The van der Waals surface area contributed by atoms with E-state index in [9.17, 15) is 0 Å². The Morgan fingerprint density at radius 2 is 1.86 bits per heavy atom. The summed E-state index contributed by atoms with van der Waals surface area (Å²) >= 11 is 0. The Morgan fingerprint density at radius 1 is 1.09 bits per heavy atom. The zero-order valence-corrected chi connectivity index (χ0v) is 13.7. The van der Waals surface area contributed by atoms with Crippen molar-refractivity contribution in [3.05, 3.63) is 35.5 Å². The molecule has 3 rings (SSSR count). The van der Waals surface area contributed by atoms with Crippen molar-refractivity contribution in [2.24, 2.45) is 0 Å². The lowest BCUT2D eigenvalue weighted by atomic mass is 10.1. The van der Waals surface area contributed by atoms with E-state index in [2.05, 4.69) is 50.3 Å². The van der Waals surface area contributed by atoms with Crippen LogP contribution in [0.3, 0.4) is 0 Å². The summed E-state index contributed by atoms with van der Waals surface area (Å²) in [5.41, 5.74) is 3.85. The van der Waals surface area contributed by atoms with Gasteiger partial charge in [-0.05, 0) is 20.8 Å². The highest BCUT2D eigenvalue weighted by Crippen LogP contribution is 2.18. The molecule has 0 radical (unpaired) electrons. The molecule has 3 heterocycles. The number of piperazine rings is 1. The minimum Gasteiger partial charge on any atom is -0.353 e. The molecule has 1 aliphatic heterocycles. The first-order valence-electron chi connectivity index (χ1n) is 7.95. The third-order valence-electron chi connectivity index (χ3n) is 4.46. The molecule has 118 valence electrons. The molecule has 2 aromatic rings. The molecule has 1 fully saturated rings. The summed E-state index contributed by atoms with van der Waals surface area (Å²) in [5, 5.41) is 4.62. The lowest BCUT2D eigenvalue weighted by molar-refractivity contribution is 0.248. The number of aromatic nitrogens is 4. The maximum absolute atomic E-state index is 4.62. The Hall–Kier alpha value is -1.95. The molecule has 0 aromatic carbocycles. The van der Waals surface area contributed by atoms with Gasteiger partial charge in [-0.25, -0.2) is 4.98 Å². The van der Waals surface area contributed by atoms with Gasteiger partial charge in [-0.15, -0.1) is 0 Å². The van der Waals surface area contributed by atoms with Gasteiger partial charge in [0.25, 0.3) is 0 Å². The lowest BCUT2D eigenvalue weighted by Crippen LogP contribution is -2.46. The second kappa shape index (κ2) is 6.44. The minimum atomic E-state index is 0.938. The fraction of sp³-hybridized carbons (Fsp3) is 0.562. The van der Waals surface area contributed by atoms with Crippen LogP contribution in [0, 0.1) is 13.8 Å². The van der Waals surface area contributed by atoms with Gasteiger partial charge >= 0.3 is 0 Å². The first-order chi connectivity index (χ1) is 10.7. The molecule has 22 heavy (non-hydrogen) atoms. The average molecular weight is 300 g/mol. The highest BCUT2D eigenvalue weighted by molar-refractivity contribution is 5.35. The summed E-state index contributed by atoms with van der Waals surface area (Å²) in [6.07, 6.45) is 5.32. The average Bonchev–Trinajstić information content (AvgIpc) is 2.84. The van der Waals surface area contributed by atoms with Gasteiger partial charge in [0.1, 0.15) is 5.82 Å². The maximum atomic E-state index is 4.62. The standard InChI is InChI=1S/C16H24N6/c1-4-22-14(3)15(13(2)19-22)12-20-7-9-21(10-8-20)16-11-17-5-6-18-16/h5-6,11H,4,7-10,12H2,1-3H3. The third-order valence-corrected chi connectivity index (χ3v) is 4.46. The molecule has 0 spiro atoms. The summed E-state index contributed by atoms with van der Waals surface area (Å²) in [5.74, 6) is 0.980. The van der Waals surface area contributed by atoms with Crippen LogP contribution < -0.4 is 4.90 Å². The molecule has 0 unspecified atom stereocenters. The molecular weight excluding hydrogens is 276 g/mol. The summed E-state index contributed by atoms with van der Waals surface area (Å²) in [6, 6.07) is 0. The fourth-order valence-corrected chi connectivity index (χ4v) is 3.08. The highest BCUT2D eigenvalue weighted by Gasteiger charge is 2.20. The first kappa shape index (κ1) is 15.0. The molecule has 0 bridgehead atoms. The van der Waals surface area contributed by atoms with Crippen LogP contribution in [0.2, 0.25) is 0 Å². The van der Waals surface area contributed by atoms with Crippen LogP contribution in [0.15, 0.2) is 18.6 Å². The van der Waals surface area contributed by atoms with E-state index in [1.54, 1.807) is 12.4 Å². The van der Waals surface area contributed by atoms with Crippen LogP contribution in [-0.4, -0.2) is 50.8 Å². The molecule has 6 heteroatoms. The quantitative estimate of drug-likeness (QED) is 0.859. The van der Waals surface area contributed by atoms with Crippen LogP contribution in [0.4, 0.5) is 5.82 Å². The zero-order valence-electron chi connectivity index (χ0n) is 13.7. The van der Waals surface area contributed by atoms with Gasteiger partial charge in [-0.3, -0.25) is 14.6 Å². The number of hydrogen-bond acceptors (Lipinski definition) is 5. The minimum absolute atomic E-state index is 0.938. The Balaban J connectivity index is 1.62. The lowest BCUT2D eigenvalue weighted by Gasteiger charge is -2.35. The summed E-state index contributed by atoms with van der Waals surface area (Å²) < 4.78 is 2.10. The van der Waals surface area contributed by atoms with E-state index < -0.39 is 0 Å². The molecule has 1 aliphatic rings. The van der Waals surface area contributed by atoms with Crippen LogP contribution >= 0.6 is 0 Å². The molecule has 0 atom stereocenters. The van der Waals surface area contributed by atoms with Gasteiger partial charge in [-0.1, -0.05) is 0 Å². The summed E-state index contributed by atoms with van der Waals surface area (Å²) in [7, 11) is 0. The number of anilines is 1. The monoisotopic (exact) mass is 300 g/mol. The normalized spacial score (nSPS) is 16.2. The molecule has 0 amide bonds. The maximum Gasteiger partial charge on any atom is 0.147 e.